The average molecular weight is 438 g/mol. The van der Waals surface area contributed by atoms with Crippen molar-refractivity contribution in [3.63, 3.8) is 0 Å². The molecule has 1 aromatic heterocycles. The molecule has 4 rings (SSSR count). The van der Waals surface area contributed by atoms with Crippen molar-refractivity contribution in [1.82, 2.24) is 20.2 Å². The lowest BCUT2D eigenvalue weighted by atomic mass is 10.2. The third kappa shape index (κ3) is 6.02. The summed E-state index contributed by atoms with van der Waals surface area (Å²) < 4.78 is 0. The molecule has 0 radical (unpaired) electrons. The number of carbonyl (C=O) groups excluding carboxylic acids is 1. The second-order valence-corrected chi connectivity index (χ2v) is 9.29. The van der Waals surface area contributed by atoms with E-state index in [0.717, 1.165) is 62.5 Å². The normalized spacial score (nSPS) is 15.8. The van der Waals surface area contributed by atoms with Crippen molar-refractivity contribution in [3.05, 3.63) is 60.4 Å². The number of benzene rings is 2. The van der Waals surface area contributed by atoms with E-state index in [0.29, 0.717) is 5.75 Å². The van der Waals surface area contributed by atoms with Gasteiger partial charge in [0, 0.05) is 38.4 Å². The number of hydrogen-bond acceptors (Lipinski definition) is 5. The fraction of sp³-hybridized carbons (Fsp3) is 0.417. The molecule has 2 heterocycles. The van der Waals surface area contributed by atoms with E-state index >= 15 is 0 Å². The van der Waals surface area contributed by atoms with E-state index in [2.05, 4.69) is 62.3 Å². The van der Waals surface area contributed by atoms with Crippen LogP contribution in [0.4, 0.5) is 5.69 Å². The summed E-state index contributed by atoms with van der Waals surface area (Å²) in [6.45, 7) is 8.13. The van der Waals surface area contributed by atoms with Crippen LogP contribution in [0.1, 0.15) is 24.4 Å². The smallest absolute Gasteiger partial charge is 0.230 e. The molecule has 0 bridgehead atoms. The van der Waals surface area contributed by atoms with Gasteiger partial charge in [-0.1, -0.05) is 30.3 Å². The minimum atomic E-state index is 0.0989. The van der Waals surface area contributed by atoms with Gasteiger partial charge in [0.1, 0.15) is 5.82 Å². The predicted molar refractivity (Wildman–Crippen MR) is 130 cm³/mol. The van der Waals surface area contributed by atoms with Crippen molar-refractivity contribution in [2.24, 2.45) is 0 Å². The van der Waals surface area contributed by atoms with E-state index in [1.165, 1.54) is 5.69 Å². The zero-order valence-electron chi connectivity index (χ0n) is 18.1. The van der Waals surface area contributed by atoms with E-state index in [1.807, 2.05) is 24.3 Å². The van der Waals surface area contributed by atoms with Gasteiger partial charge >= 0.3 is 0 Å². The summed E-state index contributed by atoms with van der Waals surface area (Å²) in [6, 6.07) is 18.6. The monoisotopic (exact) mass is 437 g/mol. The maximum atomic E-state index is 12.2. The summed E-state index contributed by atoms with van der Waals surface area (Å²) in [5, 5.41) is 3.21. The standard InChI is InChI=1S/C24H31N5OS/c1-19(24-26-21-10-5-6-11-22(21)27-24)31-18-23(30)25-12-7-13-28-14-16-29(17-15-28)20-8-3-2-4-9-20/h2-6,8-11,19H,7,12-18H2,1H3,(H,25,30)(H,26,27). The van der Waals surface area contributed by atoms with E-state index in [-0.39, 0.29) is 11.2 Å². The van der Waals surface area contributed by atoms with Crippen LogP contribution in [0.2, 0.25) is 0 Å². The molecule has 1 atom stereocenters. The zero-order chi connectivity index (χ0) is 21.5. The first-order chi connectivity index (χ1) is 15.2. The number of carbonyl (C=O) groups is 1. The van der Waals surface area contributed by atoms with Crippen molar-refractivity contribution in [2.45, 2.75) is 18.6 Å². The van der Waals surface area contributed by atoms with E-state index in [4.69, 9.17) is 0 Å². The summed E-state index contributed by atoms with van der Waals surface area (Å²) in [7, 11) is 0. The molecule has 0 spiro atoms. The van der Waals surface area contributed by atoms with Gasteiger partial charge in [0.25, 0.3) is 0 Å². The fourth-order valence-electron chi connectivity index (χ4n) is 3.89. The van der Waals surface area contributed by atoms with Crippen molar-refractivity contribution < 1.29 is 4.79 Å². The quantitative estimate of drug-likeness (QED) is 0.500. The number of nitrogens with one attached hydrogen (secondary N) is 2. The Labute approximate surface area is 188 Å². The molecule has 1 aliphatic rings. The summed E-state index contributed by atoms with van der Waals surface area (Å²) in [5.41, 5.74) is 3.32. The number of nitrogens with zero attached hydrogens (tertiary/aromatic N) is 3. The molecule has 7 heteroatoms. The van der Waals surface area contributed by atoms with Gasteiger partial charge in [-0.05, 0) is 44.2 Å². The van der Waals surface area contributed by atoms with E-state index in [1.54, 1.807) is 11.8 Å². The highest BCUT2D eigenvalue weighted by molar-refractivity contribution is 8.00. The maximum Gasteiger partial charge on any atom is 0.230 e. The SMILES string of the molecule is CC(SCC(=O)NCCCN1CCN(c2ccccc2)CC1)c1nc2ccccc2[nH]1. The lowest BCUT2D eigenvalue weighted by Crippen LogP contribution is -2.47. The second-order valence-electron chi connectivity index (χ2n) is 7.96. The Balaban J connectivity index is 1.10. The number of H-pyrrole nitrogens is 1. The molecule has 0 aliphatic carbocycles. The molecule has 31 heavy (non-hydrogen) atoms. The van der Waals surface area contributed by atoms with Gasteiger partial charge in [0.2, 0.25) is 5.91 Å². The summed E-state index contributed by atoms with van der Waals surface area (Å²) >= 11 is 1.62. The Morgan fingerprint density at radius 1 is 1.10 bits per heavy atom. The van der Waals surface area contributed by atoms with Crippen molar-refractivity contribution in [3.8, 4) is 0 Å². The first-order valence-corrected chi connectivity index (χ1v) is 12.1. The fourth-order valence-corrected chi connectivity index (χ4v) is 4.67. The van der Waals surface area contributed by atoms with Crippen LogP contribution in [0.25, 0.3) is 11.0 Å². The van der Waals surface area contributed by atoms with E-state index in [9.17, 15) is 4.79 Å². The number of rotatable bonds is 9. The van der Waals surface area contributed by atoms with Gasteiger partial charge in [-0.3, -0.25) is 9.69 Å². The molecule has 1 aliphatic heterocycles. The first kappa shape index (κ1) is 21.7. The van der Waals surface area contributed by atoms with Crippen molar-refractivity contribution >= 4 is 34.4 Å². The second kappa shape index (κ2) is 10.7. The average Bonchev–Trinajstić information content (AvgIpc) is 3.26. The number of anilines is 1. The van der Waals surface area contributed by atoms with Gasteiger partial charge < -0.3 is 15.2 Å². The van der Waals surface area contributed by atoms with Crippen LogP contribution in [0.15, 0.2) is 54.6 Å². The molecule has 1 saturated heterocycles. The number of para-hydroxylation sites is 3. The number of amides is 1. The lowest BCUT2D eigenvalue weighted by molar-refractivity contribution is -0.118. The Hall–Kier alpha value is -2.51. The Kier molecular flexibility index (Phi) is 7.48. The van der Waals surface area contributed by atoms with Crippen LogP contribution in [-0.2, 0) is 4.79 Å². The minimum absolute atomic E-state index is 0.0989. The largest absolute Gasteiger partial charge is 0.369 e. The molecular weight excluding hydrogens is 406 g/mol. The summed E-state index contributed by atoms with van der Waals surface area (Å²) in [4.78, 5) is 25.1. The van der Waals surface area contributed by atoms with Crippen molar-refractivity contribution in [1.29, 1.82) is 0 Å². The van der Waals surface area contributed by atoms with Gasteiger partial charge in [-0.2, -0.15) is 0 Å². The van der Waals surface area contributed by atoms with Gasteiger partial charge in [0.05, 0.1) is 22.0 Å². The van der Waals surface area contributed by atoms with Crippen LogP contribution in [-0.4, -0.2) is 65.8 Å². The number of imidazole rings is 1. The third-order valence-corrected chi connectivity index (χ3v) is 6.88. The zero-order valence-corrected chi connectivity index (χ0v) is 18.9. The molecule has 164 valence electrons. The van der Waals surface area contributed by atoms with Gasteiger partial charge in [-0.25, -0.2) is 4.98 Å². The number of hydrogen-bond donors (Lipinski definition) is 2. The number of aromatic amines is 1. The number of aromatic nitrogens is 2. The third-order valence-electron chi connectivity index (χ3n) is 5.72. The molecule has 0 saturated carbocycles. The number of fused-ring (bicyclic) bond motifs is 1. The Morgan fingerprint density at radius 3 is 2.61 bits per heavy atom. The van der Waals surface area contributed by atoms with Gasteiger partial charge in [-0.15, -0.1) is 11.8 Å². The molecule has 3 aromatic rings. The first-order valence-electron chi connectivity index (χ1n) is 11.0. The minimum Gasteiger partial charge on any atom is -0.369 e. The summed E-state index contributed by atoms with van der Waals surface area (Å²) in [6.07, 6.45) is 0.987. The van der Waals surface area contributed by atoms with Crippen molar-refractivity contribution in [2.75, 3.05) is 49.9 Å². The molecular formula is C24H31N5OS. The van der Waals surface area contributed by atoms with Gasteiger partial charge in [0.15, 0.2) is 0 Å². The topological polar surface area (TPSA) is 64.3 Å². The molecule has 1 amide bonds. The highest BCUT2D eigenvalue weighted by atomic mass is 32.2. The number of piperazine rings is 1. The highest BCUT2D eigenvalue weighted by Crippen LogP contribution is 2.27. The maximum absolute atomic E-state index is 12.2. The van der Waals surface area contributed by atoms with E-state index < -0.39 is 0 Å². The Morgan fingerprint density at radius 2 is 1.84 bits per heavy atom. The number of thioether (sulfide) groups is 1. The van der Waals surface area contributed by atoms with Crippen LogP contribution in [0, 0.1) is 0 Å². The lowest BCUT2D eigenvalue weighted by Gasteiger charge is -2.36. The molecule has 2 N–H and O–H groups in total. The van der Waals surface area contributed by atoms with Crippen LogP contribution >= 0.6 is 11.8 Å². The molecule has 6 nitrogen and oxygen atoms in total. The van der Waals surface area contributed by atoms with Crippen LogP contribution < -0.4 is 10.2 Å². The molecule has 1 fully saturated rings. The summed E-state index contributed by atoms with van der Waals surface area (Å²) in [5.74, 6) is 1.48. The predicted octanol–water partition coefficient (Wildman–Crippen LogP) is 3.69. The van der Waals surface area contributed by atoms with Crippen LogP contribution in [0.5, 0.6) is 0 Å². The molecule has 2 aromatic carbocycles. The Bertz CT molecular complexity index is 935. The molecule has 1 unspecified atom stereocenters. The van der Waals surface area contributed by atoms with Crippen LogP contribution in [0.3, 0.4) is 0 Å². The highest BCUT2D eigenvalue weighted by Gasteiger charge is 2.17.